The van der Waals surface area contributed by atoms with Crippen molar-refractivity contribution in [3.05, 3.63) is 12.3 Å². The SMILES string of the molecule is CC1CCC(F)CNC(C(C(=O)NC2CNC=CC2C2CCN(C(=O)C3(C#N)CC3)CC2)C(N)N)C1. The molecule has 0 aromatic rings. The van der Waals surface area contributed by atoms with Crippen molar-refractivity contribution in [3.63, 3.8) is 0 Å². The van der Waals surface area contributed by atoms with Crippen molar-refractivity contribution in [1.82, 2.24) is 20.9 Å². The van der Waals surface area contributed by atoms with Crippen LogP contribution >= 0.6 is 0 Å². The standard InChI is InChI=1S/C26H42FN7O2/c1-16-2-3-18(27)13-32-20(12-16)22(23(29)30)24(35)33-21-14-31-9-4-19(21)17-5-10-34(11-6-17)25(36)26(15-28)7-8-26/h4,9,16-23,31-32H,2-3,5-8,10-14,29-30H2,1H3,(H,33,35). The highest BCUT2D eigenvalue weighted by Gasteiger charge is 2.53. The van der Waals surface area contributed by atoms with Crippen molar-refractivity contribution >= 4 is 11.8 Å². The zero-order valence-corrected chi connectivity index (χ0v) is 21.3. The van der Waals surface area contributed by atoms with Crippen molar-refractivity contribution in [3.8, 4) is 6.07 Å². The first-order chi connectivity index (χ1) is 17.2. The Kier molecular flexibility index (Phi) is 8.53. The zero-order valence-electron chi connectivity index (χ0n) is 21.3. The Morgan fingerprint density at radius 1 is 1.19 bits per heavy atom. The van der Waals surface area contributed by atoms with Crippen molar-refractivity contribution < 1.29 is 14.0 Å². The van der Waals surface area contributed by atoms with Gasteiger partial charge < -0.3 is 32.3 Å². The predicted octanol–water partition coefficient (Wildman–Crippen LogP) is 0.723. The first-order valence-electron chi connectivity index (χ1n) is 13.5. The van der Waals surface area contributed by atoms with E-state index in [4.69, 9.17) is 11.5 Å². The molecule has 1 saturated carbocycles. The van der Waals surface area contributed by atoms with E-state index in [1.165, 1.54) is 0 Å². The summed E-state index contributed by atoms with van der Waals surface area (Å²) in [6.07, 6.45) is 7.26. The van der Waals surface area contributed by atoms with Gasteiger partial charge in [-0.05, 0) is 63.0 Å². The largest absolute Gasteiger partial charge is 0.389 e. The molecule has 10 heteroatoms. The zero-order chi connectivity index (χ0) is 25.9. The lowest BCUT2D eigenvalue weighted by atomic mass is 9.78. The number of nitrogens with one attached hydrogen (secondary N) is 3. The van der Waals surface area contributed by atoms with Gasteiger partial charge in [-0.25, -0.2) is 4.39 Å². The van der Waals surface area contributed by atoms with Gasteiger partial charge in [0.15, 0.2) is 0 Å². The number of nitrogens with two attached hydrogens (primary N) is 2. The molecule has 7 N–H and O–H groups in total. The molecule has 0 spiro atoms. The summed E-state index contributed by atoms with van der Waals surface area (Å²) in [4.78, 5) is 28.1. The van der Waals surface area contributed by atoms with E-state index in [0.29, 0.717) is 44.8 Å². The number of nitriles is 1. The van der Waals surface area contributed by atoms with Crippen molar-refractivity contribution in [2.45, 2.75) is 76.3 Å². The summed E-state index contributed by atoms with van der Waals surface area (Å²) in [5.74, 6) is -0.185. The number of carbonyl (C=O) groups excluding carboxylic acids is 2. The lowest BCUT2D eigenvalue weighted by Gasteiger charge is -2.41. The molecule has 2 amide bonds. The summed E-state index contributed by atoms with van der Waals surface area (Å²) in [6.45, 7) is 4.14. The van der Waals surface area contributed by atoms with Gasteiger partial charge in [-0.2, -0.15) is 5.26 Å². The van der Waals surface area contributed by atoms with Crippen molar-refractivity contribution in [2.24, 2.45) is 40.6 Å². The normalized spacial score (nSPS) is 33.6. The summed E-state index contributed by atoms with van der Waals surface area (Å²) in [7, 11) is 0. The Bertz CT molecular complexity index is 863. The molecule has 36 heavy (non-hydrogen) atoms. The van der Waals surface area contributed by atoms with Crippen molar-refractivity contribution in [1.29, 1.82) is 5.26 Å². The average Bonchev–Trinajstić information content (AvgIpc) is 3.66. The van der Waals surface area contributed by atoms with Crippen LogP contribution in [0.1, 0.15) is 51.9 Å². The van der Waals surface area contributed by atoms with E-state index < -0.39 is 23.7 Å². The Balaban J connectivity index is 1.38. The minimum absolute atomic E-state index is 0.0228. The molecule has 0 aromatic heterocycles. The van der Waals surface area contributed by atoms with Crippen molar-refractivity contribution in [2.75, 3.05) is 26.2 Å². The van der Waals surface area contributed by atoms with Gasteiger partial charge in [0.25, 0.3) is 0 Å². The van der Waals surface area contributed by atoms with Gasteiger partial charge in [0, 0.05) is 38.1 Å². The molecule has 4 aliphatic rings. The summed E-state index contributed by atoms with van der Waals surface area (Å²) >= 11 is 0. The molecule has 3 aliphatic heterocycles. The number of amides is 2. The lowest BCUT2D eigenvalue weighted by molar-refractivity contribution is -0.136. The van der Waals surface area contributed by atoms with Gasteiger partial charge in [0.1, 0.15) is 11.6 Å². The second-order valence-electron chi connectivity index (χ2n) is 11.4. The van der Waals surface area contributed by atoms with Crippen LogP contribution in [-0.4, -0.2) is 67.3 Å². The van der Waals surface area contributed by atoms with Gasteiger partial charge >= 0.3 is 0 Å². The molecule has 4 rings (SSSR count). The number of halogens is 1. The van der Waals surface area contributed by atoms with E-state index in [-0.39, 0.29) is 42.3 Å². The maximum atomic E-state index is 14.2. The van der Waals surface area contributed by atoms with Crippen LogP contribution in [0.15, 0.2) is 12.3 Å². The quantitative estimate of drug-likeness (QED) is 0.335. The van der Waals surface area contributed by atoms with E-state index in [1.54, 1.807) is 0 Å². The van der Waals surface area contributed by atoms with Crippen LogP contribution in [-0.2, 0) is 9.59 Å². The van der Waals surface area contributed by atoms with E-state index in [0.717, 1.165) is 25.7 Å². The van der Waals surface area contributed by atoms with Gasteiger partial charge in [-0.15, -0.1) is 0 Å². The van der Waals surface area contributed by atoms with Gasteiger partial charge in [0.2, 0.25) is 11.8 Å². The van der Waals surface area contributed by atoms with Crippen LogP contribution in [0.3, 0.4) is 0 Å². The number of piperidine rings is 1. The molecule has 3 heterocycles. The second-order valence-corrected chi connectivity index (χ2v) is 11.4. The molecule has 3 fully saturated rings. The van der Waals surface area contributed by atoms with E-state index in [1.807, 2.05) is 11.1 Å². The molecule has 0 aromatic carbocycles. The van der Waals surface area contributed by atoms with E-state index in [2.05, 4.69) is 35.0 Å². The molecular weight excluding hydrogens is 461 g/mol. The summed E-state index contributed by atoms with van der Waals surface area (Å²) in [6, 6.07) is 1.79. The maximum absolute atomic E-state index is 14.2. The lowest BCUT2D eigenvalue weighted by Crippen LogP contribution is -2.60. The van der Waals surface area contributed by atoms with E-state index in [9.17, 15) is 19.2 Å². The topological polar surface area (TPSA) is 149 Å². The van der Waals surface area contributed by atoms with Crippen LogP contribution in [0.25, 0.3) is 0 Å². The second kappa shape index (κ2) is 11.4. The molecule has 9 nitrogen and oxygen atoms in total. The van der Waals surface area contributed by atoms with Gasteiger partial charge in [-0.1, -0.05) is 13.0 Å². The maximum Gasteiger partial charge on any atom is 0.243 e. The van der Waals surface area contributed by atoms with Crippen LogP contribution in [0, 0.1) is 40.4 Å². The van der Waals surface area contributed by atoms with Crippen LogP contribution in [0.4, 0.5) is 4.39 Å². The number of carbonyl (C=O) groups is 2. The molecule has 6 atom stereocenters. The Morgan fingerprint density at radius 2 is 1.92 bits per heavy atom. The average molecular weight is 504 g/mol. The monoisotopic (exact) mass is 503 g/mol. The fourth-order valence-corrected chi connectivity index (χ4v) is 6.23. The summed E-state index contributed by atoms with van der Waals surface area (Å²) in [5.41, 5.74) is 11.4. The first-order valence-corrected chi connectivity index (χ1v) is 13.5. The molecule has 0 bridgehead atoms. The number of nitrogens with zero attached hydrogens (tertiary/aromatic N) is 2. The Hall–Kier alpha value is -2.22. The fourth-order valence-electron chi connectivity index (χ4n) is 6.23. The van der Waals surface area contributed by atoms with Crippen LogP contribution in [0.5, 0.6) is 0 Å². The highest BCUT2D eigenvalue weighted by molar-refractivity contribution is 5.88. The number of alkyl halides is 1. The number of hydrogen-bond donors (Lipinski definition) is 5. The molecule has 200 valence electrons. The predicted molar refractivity (Wildman–Crippen MR) is 135 cm³/mol. The number of hydrogen-bond acceptors (Lipinski definition) is 7. The smallest absolute Gasteiger partial charge is 0.243 e. The van der Waals surface area contributed by atoms with Crippen LogP contribution < -0.4 is 27.4 Å². The highest BCUT2D eigenvalue weighted by Crippen LogP contribution is 2.47. The summed E-state index contributed by atoms with van der Waals surface area (Å²) < 4.78 is 14.2. The molecular formula is C26H42FN7O2. The molecule has 6 unspecified atom stereocenters. The fraction of sp³-hybridized carbons (Fsp3) is 0.808. The first kappa shape index (κ1) is 26.8. The van der Waals surface area contributed by atoms with E-state index >= 15 is 0 Å². The molecule has 2 saturated heterocycles. The molecule has 1 aliphatic carbocycles. The van der Waals surface area contributed by atoms with Gasteiger partial charge in [-0.3, -0.25) is 9.59 Å². The third-order valence-corrected chi connectivity index (χ3v) is 8.69. The molecule has 0 radical (unpaired) electrons. The third-order valence-electron chi connectivity index (χ3n) is 8.69. The summed E-state index contributed by atoms with van der Waals surface area (Å²) in [5, 5.41) is 19.0. The van der Waals surface area contributed by atoms with Crippen LogP contribution in [0.2, 0.25) is 0 Å². The van der Waals surface area contributed by atoms with Gasteiger partial charge in [0.05, 0.1) is 24.2 Å². The third kappa shape index (κ3) is 6.01. The number of rotatable bonds is 6. The highest BCUT2D eigenvalue weighted by atomic mass is 19.1. The minimum Gasteiger partial charge on any atom is -0.389 e. The minimum atomic E-state index is -0.939. The number of likely N-dealkylation sites (tertiary alicyclic amines) is 1. The Labute approximate surface area is 213 Å². The Morgan fingerprint density at radius 3 is 2.56 bits per heavy atom.